The SMILES string of the molecule is CS(=O)(=O)O[C@@H]1CCC[C@@H]2CN(C(=O)OCc3ccccc3)[C@H](C(=O)OCC(Cl)(Cl)Cl)C[C@@H]21. The molecule has 4 atom stereocenters. The summed E-state index contributed by atoms with van der Waals surface area (Å²) in [5, 5.41) is 0. The number of nitrogens with zero attached hydrogens (tertiary/aromatic N) is 1. The number of ether oxygens (including phenoxy) is 2. The summed E-state index contributed by atoms with van der Waals surface area (Å²) in [4.78, 5) is 27.2. The van der Waals surface area contributed by atoms with E-state index >= 15 is 0 Å². The van der Waals surface area contributed by atoms with Gasteiger partial charge in [0.2, 0.25) is 3.79 Å². The highest BCUT2D eigenvalue weighted by molar-refractivity contribution is 7.86. The number of benzene rings is 1. The maximum Gasteiger partial charge on any atom is 0.410 e. The van der Waals surface area contributed by atoms with Crippen molar-refractivity contribution in [2.75, 3.05) is 19.4 Å². The summed E-state index contributed by atoms with van der Waals surface area (Å²) < 4.78 is 37.6. The summed E-state index contributed by atoms with van der Waals surface area (Å²) in [5.74, 6) is -1.05. The van der Waals surface area contributed by atoms with Crippen LogP contribution in [0.25, 0.3) is 0 Å². The minimum atomic E-state index is -3.68. The number of alkyl halides is 3. The first-order valence-corrected chi connectivity index (χ1v) is 13.5. The Hall–Kier alpha value is -1.26. The molecule has 0 radical (unpaired) electrons. The van der Waals surface area contributed by atoms with Crippen molar-refractivity contribution in [3.8, 4) is 0 Å². The maximum atomic E-state index is 13.0. The molecule has 1 saturated carbocycles. The van der Waals surface area contributed by atoms with Gasteiger partial charge in [0.05, 0.1) is 12.4 Å². The smallest absolute Gasteiger partial charge is 0.410 e. The summed E-state index contributed by atoms with van der Waals surface area (Å²) in [6.07, 6.45) is 1.97. The van der Waals surface area contributed by atoms with E-state index in [4.69, 9.17) is 48.5 Å². The van der Waals surface area contributed by atoms with E-state index in [1.807, 2.05) is 30.3 Å². The summed E-state index contributed by atoms with van der Waals surface area (Å²) >= 11 is 17.1. The fraction of sp³-hybridized carbons (Fsp3) is 0.619. The molecule has 0 N–H and O–H groups in total. The number of amides is 1. The summed E-state index contributed by atoms with van der Waals surface area (Å²) in [5.41, 5.74) is 0.801. The van der Waals surface area contributed by atoms with Gasteiger partial charge in [0, 0.05) is 6.54 Å². The molecule has 1 saturated heterocycles. The van der Waals surface area contributed by atoms with Gasteiger partial charge in [0.25, 0.3) is 10.1 Å². The first kappa shape index (κ1) is 26.3. The third kappa shape index (κ3) is 7.89. The number of rotatable bonds is 6. The zero-order valence-corrected chi connectivity index (χ0v) is 21.1. The van der Waals surface area contributed by atoms with Crippen molar-refractivity contribution in [3.05, 3.63) is 35.9 Å². The molecule has 0 aromatic heterocycles. The standard InChI is InChI=1S/C21H26Cl3NO7S/c1-33(28,29)32-18-9-5-8-15-11-25(20(27)30-12-14-6-3-2-4-7-14)17(10-16(15)18)19(26)31-13-21(22,23)24/h2-4,6-7,15-18H,5,8-13H2,1H3/t15-,16+,17+,18-/m1/s1. The average molecular weight is 543 g/mol. The Kier molecular flexibility index (Phi) is 8.77. The minimum Gasteiger partial charge on any atom is -0.460 e. The molecular weight excluding hydrogens is 517 g/mol. The van der Waals surface area contributed by atoms with Gasteiger partial charge in [-0.15, -0.1) is 0 Å². The fourth-order valence-corrected chi connectivity index (χ4v) is 5.32. The third-order valence-electron chi connectivity index (χ3n) is 5.84. The highest BCUT2D eigenvalue weighted by Crippen LogP contribution is 2.41. The van der Waals surface area contributed by atoms with Crippen molar-refractivity contribution in [1.82, 2.24) is 4.90 Å². The topological polar surface area (TPSA) is 99.2 Å². The molecule has 1 aromatic rings. The summed E-state index contributed by atoms with van der Waals surface area (Å²) in [6.45, 7) is -0.243. The predicted molar refractivity (Wildman–Crippen MR) is 124 cm³/mol. The Bertz CT molecular complexity index is 939. The molecule has 1 aliphatic heterocycles. The Morgan fingerprint density at radius 2 is 1.82 bits per heavy atom. The van der Waals surface area contributed by atoms with Crippen LogP contribution in [0.5, 0.6) is 0 Å². The molecule has 8 nitrogen and oxygen atoms in total. The van der Waals surface area contributed by atoms with Crippen LogP contribution in [-0.4, -0.2) is 60.7 Å². The Labute approximate surface area is 208 Å². The van der Waals surface area contributed by atoms with Gasteiger partial charge in [-0.25, -0.2) is 9.59 Å². The van der Waals surface area contributed by atoms with Gasteiger partial charge >= 0.3 is 12.1 Å². The lowest BCUT2D eigenvalue weighted by molar-refractivity contribution is -0.154. The van der Waals surface area contributed by atoms with Crippen LogP contribution in [0.4, 0.5) is 4.79 Å². The van der Waals surface area contributed by atoms with Crippen molar-refractivity contribution < 1.29 is 31.7 Å². The van der Waals surface area contributed by atoms with Crippen LogP contribution >= 0.6 is 34.8 Å². The van der Waals surface area contributed by atoms with Crippen LogP contribution in [-0.2, 0) is 35.2 Å². The second kappa shape index (κ2) is 11.0. The molecule has 3 rings (SSSR count). The third-order valence-corrected chi connectivity index (χ3v) is 6.76. The lowest BCUT2D eigenvalue weighted by atomic mass is 9.71. The number of carbonyl (C=O) groups is 2. The molecule has 0 spiro atoms. The molecule has 0 unspecified atom stereocenters. The van der Waals surface area contributed by atoms with E-state index < -0.39 is 44.7 Å². The van der Waals surface area contributed by atoms with Crippen LogP contribution in [0.1, 0.15) is 31.2 Å². The van der Waals surface area contributed by atoms with Crippen LogP contribution in [0.2, 0.25) is 0 Å². The van der Waals surface area contributed by atoms with Gasteiger partial charge in [-0.2, -0.15) is 8.42 Å². The first-order chi connectivity index (χ1) is 15.4. The highest BCUT2D eigenvalue weighted by Gasteiger charge is 2.48. The number of carbonyl (C=O) groups excluding carboxylic acids is 2. The zero-order valence-electron chi connectivity index (χ0n) is 18.0. The summed E-state index contributed by atoms with van der Waals surface area (Å²) in [7, 11) is -3.68. The van der Waals surface area contributed by atoms with E-state index in [0.717, 1.165) is 24.7 Å². The van der Waals surface area contributed by atoms with E-state index in [-0.39, 0.29) is 31.4 Å². The van der Waals surface area contributed by atoms with Gasteiger partial charge in [-0.1, -0.05) is 71.6 Å². The van der Waals surface area contributed by atoms with Gasteiger partial charge in [0.1, 0.15) is 19.3 Å². The lowest BCUT2D eigenvalue weighted by Gasteiger charge is -2.47. The molecule has 33 heavy (non-hydrogen) atoms. The van der Waals surface area contributed by atoms with E-state index in [0.29, 0.717) is 6.42 Å². The highest BCUT2D eigenvalue weighted by atomic mass is 35.6. The molecule has 1 heterocycles. The van der Waals surface area contributed by atoms with E-state index in [9.17, 15) is 18.0 Å². The molecule has 1 amide bonds. The lowest BCUT2D eigenvalue weighted by Crippen LogP contribution is -2.57. The molecular formula is C21H26Cl3NO7S. The van der Waals surface area contributed by atoms with Crippen molar-refractivity contribution >= 4 is 57.0 Å². The largest absolute Gasteiger partial charge is 0.460 e. The second-order valence-electron chi connectivity index (χ2n) is 8.36. The fourth-order valence-electron chi connectivity index (χ4n) is 4.47. The quantitative estimate of drug-likeness (QED) is 0.303. The van der Waals surface area contributed by atoms with Gasteiger partial charge in [0.15, 0.2) is 0 Å². The van der Waals surface area contributed by atoms with Crippen LogP contribution < -0.4 is 0 Å². The van der Waals surface area contributed by atoms with Crippen molar-refractivity contribution in [1.29, 1.82) is 0 Å². The van der Waals surface area contributed by atoms with E-state index in [1.54, 1.807) is 0 Å². The van der Waals surface area contributed by atoms with Gasteiger partial charge in [-0.05, 0) is 36.7 Å². The average Bonchev–Trinajstić information content (AvgIpc) is 2.74. The molecule has 1 aliphatic carbocycles. The van der Waals surface area contributed by atoms with Gasteiger partial charge in [-0.3, -0.25) is 9.08 Å². The normalized spacial score (nSPS) is 25.8. The number of fused-ring (bicyclic) bond motifs is 1. The van der Waals surface area contributed by atoms with Crippen LogP contribution in [0.3, 0.4) is 0 Å². The number of esters is 1. The molecule has 184 valence electrons. The second-order valence-corrected chi connectivity index (χ2v) is 12.5. The van der Waals surface area contributed by atoms with E-state index in [2.05, 4.69) is 0 Å². The maximum absolute atomic E-state index is 13.0. The number of hydrogen-bond acceptors (Lipinski definition) is 7. The number of piperidine rings is 1. The molecule has 2 aliphatic rings. The van der Waals surface area contributed by atoms with Crippen LogP contribution in [0, 0.1) is 11.8 Å². The van der Waals surface area contributed by atoms with Crippen molar-refractivity contribution in [3.63, 3.8) is 0 Å². The Morgan fingerprint density at radius 3 is 2.45 bits per heavy atom. The number of likely N-dealkylation sites (tertiary alicyclic amines) is 1. The Morgan fingerprint density at radius 1 is 1.12 bits per heavy atom. The molecule has 12 heteroatoms. The first-order valence-electron chi connectivity index (χ1n) is 10.5. The minimum absolute atomic E-state index is 0.0417. The molecule has 1 aromatic carbocycles. The van der Waals surface area contributed by atoms with E-state index in [1.165, 1.54) is 4.90 Å². The zero-order chi connectivity index (χ0) is 24.2. The monoisotopic (exact) mass is 541 g/mol. The van der Waals surface area contributed by atoms with Crippen LogP contribution in [0.15, 0.2) is 30.3 Å². The molecule has 0 bridgehead atoms. The Balaban J connectivity index is 1.77. The van der Waals surface area contributed by atoms with Gasteiger partial charge < -0.3 is 9.47 Å². The predicted octanol–water partition coefficient (Wildman–Crippen LogP) is 4.07. The summed E-state index contributed by atoms with van der Waals surface area (Å²) in [6, 6.07) is 8.13. The molecule has 2 fully saturated rings. The number of hydrogen-bond donors (Lipinski definition) is 0. The number of halogens is 3. The van der Waals surface area contributed by atoms with Crippen molar-refractivity contribution in [2.24, 2.45) is 11.8 Å². The van der Waals surface area contributed by atoms with Crippen molar-refractivity contribution in [2.45, 2.75) is 48.2 Å².